The van der Waals surface area contributed by atoms with Crippen molar-refractivity contribution in [2.45, 2.75) is 46.3 Å². The van der Waals surface area contributed by atoms with Gasteiger partial charge in [-0.3, -0.25) is 14.9 Å². The van der Waals surface area contributed by atoms with E-state index in [0.717, 1.165) is 0 Å². The molecule has 0 fully saturated rings. The van der Waals surface area contributed by atoms with Gasteiger partial charge in [-0.25, -0.2) is 14.6 Å². The van der Waals surface area contributed by atoms with E-state index in [0.29, 0.717) is 11.3 Å². The van der Waals surface area contributed by atoms with Gasteiger partial charge in [0.2, 0.25) is 0 Å². The first kappa shape index (κ1) is 27.3. The Kier molecular flexibility index (Phi) is 9.33. The molecule has 2 amide bonds. The maximum absolute atomic E-state index is 12.9. The van der Waals surface area contributed by atoms with Crippen LogP contribution in [0.2, 0.25) is 0 Å². The summed E-state index contributed by atoms with van der Waals surface area (Å²) in [6.45, 7) is 8.60. The van der Waals surface area contributed by atoms with Gasteiger partial charge < -0.3 is 19.1 Å². The highest BCUT2D eigenvalue weighted by molar-refractivity contribution is 6.04. The van der Waals surface area contributed by atoms with Crippen molar-refractivity contribution in [3.63, 3.8) is 0 Å². The van der Waals surface area contributed by atoms with Gasteiger partial charge in [0.05, 0.1) is 18.2 Å². The van der Waals surface area contributed by atoms with Crippen LogP contribution in [0.4, 0.5) is 10.6 Å². The number of nitrogens with zero attached hydrogens (tertiary/aromatic N) is 2. The number of hydrogen-bond acceptors (Lipinski definition) is 8. The number of benzene rings is 1. The number of likely N-dealkylation sites (N-methyl/N-ethyl adjacent to an activating group) is 1. The highest BCUT2D eigenvalue weighted by Crippen LogP contribution is 2.17. The number of carbonyl (C=O) groups is 4. The maximum atomic E-state index is 12.9. The van der Waals surface area contributed by atoms with Crippen molar-refractivity contribution in [3.8, 4) is 5.75 Å². The summed E-state index contributed by atoms with van der Waals surface area (Å²) in [5.74, 6) is -0.513. The molecule has 0 bridgehead atoms. The number of Topliss-reactive ketones (excluding diaryl/α,β-unsaturated/α-hetero) is 1. The lowest BCUT2D eigenvalue weighted by atomic mass is 10.0. The van der Waals surface area contributed by atoms with Crippen LogP contribution in [0.25, 0.3) is 0 Å². The van der Waals surface area contributed by atoms with Crippen LogP contribution in [0.15, 0.2) is 42.6 Å². The summed E-state index contributed by atoms with van der Waals surface area (Å²) >= 11 is 0. The molecular formula is C25H31N3O7. The van der Waals surface area contributed by atoms with E-state index in [1.54, 1.807) is 58.9 Å². The number of esters is 1. The van der Waals surface area contributed by atoms with Gasteiger partial charge in [0.15, 0.2) is 12.4 Å². The summed E-state index contributed by atoms with van der Waals surface area (Å²) in [6.07, 6.45) is 0.663. The van der Waals surface area contributed by atoms with Gasteiger partial charge in [0.25, 0.3) is 5.91 Å². The van der Waals surface area contributed by atoms with E-state index in [1.807, 2.05) is 0 Å². The molecule has 1 aromatic carbocycles. The molecule has 0 saturated heterocycles. The van der Waals surface area contributed by atoms with Gasteiger partial charge in [-0.05, 0) is 71.0 Å². The molecule has 1 aromatic heterocycles. The summed E-state index contributed by atoms with van der Waals surface area (Å²) in [5, 5.41) is 2.50. The molecule has 2 rings (SSSR count). The zero-order chi connectivity index (χ0) is 26.2. The van der Waals surface area contributed by atoms with Crippen LogP contribution in [0.1, 0.15) is 55.3 Å². The van der Waals surface area contributed by atoms with E-state index in [4.69, 9.17) is 14.2 Å². The third kappa shape index (κ3) is 8.40. The van der Waals surface area contributed by atoms with Crippen LogP contribution in [-0.4, -0.2) is 65.5 Å². The Morgan fingerprint density at radius 3 is 2.20 bits per heavy atom. The average Bonchev–Trinajstić information content (AvgIpc) is 2.80. The predicted octanol–water partition coefficient (Wildman–Crippen LogP) is 3.71. The standard InChI is InChI=1S/C25H31N3O7/c1-7-33-21(29)15-34-19-11-8-17(9-12-19)22(30)16(2)28(6)23(31)18-10-13-20(26-14-18)27-24(32)35-25(3,4)5/h8-14,16H,7,15H2,1-6H3,(H,26,27,32)/t16-/m0/s1. The van der Waals surface area contributed by atoms with Crippen molar-refractivity contribution in [1.82, 2.24) is 9.88 Å². The number of pyridine rings is 1. The van der Waals surface area contributed by atoms with Crippen LogP contribution in [0, 0.1) is 0 Å². The van der Waals surface area contributed by atoms with Crippen LogP contribution >= 0.6 is 0 Å². The zero-order valence-electron chi connectivity index (χ0n) is 20.8. The molecule has 0 unspecified atom stereocenters. The normalized spacial score (nSPS) is 11.7. The van der Waals surface area contributed by atoms with Gasteiger partial charge in [0.1, 0.15) is 17.2 Å². The monoisotopic (exact) mass is 485 g/mol. The van der Waals surface area contributed by atoms with E-state index in [1.165, 1.54) is 30.3 Å². The Balaban J connectivity index is 1.97. The van der Waals surface area contributed by atoms with Gasteiger partial charge in [-0.1, -0.05) is 0 Å². The van der Waals surface area contributed by atoms with E-state index >= 15 is 0 Å². The van der Waals surface area contributed by atoms with Crippen molar-refractivity contribution in [2.24, 2.45) is 0 Å². The molecule has 0 aliphatic carbocycles. The van der Waals surface area contributed by atoms with E-state index < -0.39 is 29.6 Å². The van der Waals surface area contributed by atoms with Gasteiger partial charge in [0, 0.05) is 18.8 Å². The first-order valence-electron chi connectivity index (χ1n) is 11.1. The Morgan fingerprint density at radius 1 is 1.03 bits per heavy atom. The maximum Gasteiger partial charge on any atom is 0.413 e. The largest absolute Gasteiger partial charge is 0.482 e. The molecule has 10 nitrogen and oxygen atoms in total. The summed E-state index contributed by atoms with van der Waals surface area (Å²) in [5.41, 5.74) is -0.0123. The summed E-state index contributed by atoms with van der Waals surface area (Å²) in [7, 11) is 1.52. The molecule has 0 aliphatic rings. The molecule has 1 heterocycles. The number of nitrogens with one attached hydrogen (secondary N) is 1. The molecular weight excluding hydrogens is 454 g/mol. The van der Waals surface area contributed by atoms with Crippen LogP contribution in [0.3, 0.4) is 0 Å². The van der Waals surface area contributed by atoms with Crippen molar-refractivity contribution >= 4 is 29.6 Å². The Labute approximate surface area is 204 Å². The second-order valence-electron chi connectivity index (χ2n) is 8.63. The number of carbonyl (C=O) groups excluding carboxylic acids is 4. The Morgan fingerprint density at radius 2 is 1.66 bits per heavy atom. The SMILES string of the molecule is CCOC(=O)COc1ccc(C(=O)[C@H](C)N(C)C(=O)c2ccc(NC(=O)OC(C)(C)C)nc2)cc1. The van der Waals surface area contributed by atoms with Crippen LogP contribution in [-0.2, 0) is 14.3 Å². The highest BCUT2D eigenvalue weighted by atomic mass is 16.6. The first-order valence-corrected chi connectivity index (χ1v) is 11.1. The second-order valence-corrected chi connectivity index (χ2v) is 8.63. The summed E-state index contributed by atoms with van der Waals surface area (Å²) in [6, 6.07) is 8.50. The van der Waals surface area contributed by atoms with Crippen molar-refractivity contribution < 1.29 is 33.4 Å². The van der Waals surface area contributed by atoms with Gasteiger partial charge in [-0.2, -0.15) is 0 Å². The minimum atomic E-state index is -0.756. The van der Waals surface area contributed by atoms with Crippen LogP contribution < -0.4 is 10.1 Å². The molecule has 1 N–H and O–H groups in total. The number of anilines is 1. The van der Waals surface area contributed by atoms with E-state index in [9.17, 15) is 19.2 Å². The van der Waals surface area contributed by atoms with Gasteiger partial charge >= 0.3 is 12.1 Å². The number of ether oxygens (including phenoxy) is 3. The molecule has 188 valence electrons. The molecule has 2 aromatic rings. The molecule has 0 radical (unpaired) electrons. The fourth-order valence-corrected chi connectivity index (χ4v) is 2.86. The van der Waals surface area contributed by atoms with Crippen molar-refractivity contribution in [3.05, 3.63) is 53.7 Å². The third-order valence-corrected chi connectivity index (χ3v) is 4.72. The Hall–Kier alpha value is -3.95. The predicted molar refractivity (Wildman–Crippen MR) is 129 cm³/mol. The van der Waals surface area contributed by atoms with E-state index in [2.05, 4.69) is 10.3 Å². The summed E-state index contributed by atoms with van der Waals surface area (Å²) < 4.78 is 15.3. The average molecular weight is 486 g/mol. The lowest BCUT2D eigenvalue weighted by molar-refractivity contribution is -0.145. The first-order chi connectivity index (χ1) is 16.4. The van der Waals surface area contributed by atoms with Gasteiger partial charge in [-0.15, -0.1) is 0 Å². The third-order valence-electron chi connectivity index (χ3n) is 4.72. The fourth-order valence-electron chi connectivity index (χ4n) is 2.86. The lowest BCUT2D eigenvalue weighted by Gasteiger charge is -2.24. The molecule has 0 spiro atoms. The number of amides is 2. The Bertz CT molecular complexity index is 1040. The smallest absolute Gasteiger partial charge is 0.413 e. The second kappa shape index (κ2) is 12.0. The van der Waals surface area contributed by atoms with Crippen molar-refractivity contribution in [2.75, 3.05) is 25.6 Å². The number of hydrogen-bond donors (Lipinski definition) is 1. The number of rotatable bonds is 9. The molecule has 10 heteroatoms. The fraction of sp³-hybridized carbons (Fsp3) is 0.400. The quantitative estimate of drug-likeness (QED) is 0.421. The minimum absolute atomic E-state index is 0.227. The summed E-state index contributed by atoms with van der Waals surface area (Å²) in [4.78, 5) is 54.4. The molecule has 35 heavy (non-hydrogen) atoms. The number of ketones is 1. The van der Waals surface area contributed by atoms with Crippen molar-refractivity contribution in [1.29, 1.82) is 0 Å². The van der Waals surface area contributed by atoms with E-state index in [-0.39, 0.29) is 30.4 Å². The minimum Gasteiger partial charge on any atom is -0.482 e. The molecule has 0 saturated carbocycles. The molecule has 0 aliphatic heterocycles. The molecule has 1 atom stereocenters. The zero-order valence-corrected chi connectivity index (χ0v) is 20.8. The van der Waals surface area contributed by atoms with Crippen LogP contribution in [0.5, 0.6) is 5.75 Å². The topological polar surface area (TPSA) is 124 Å². The highest BCUT2D eigenvalue weighted by Gasteiger charge is 2.25. The number of aromatic nitrogens is 1. The lowest BCUT2D eigenvalue weighted by Crippen LogP contribution is -2.40.